The number of hydrogen-bond donors (Lipinski definition) is 2. The zero-order valence-electron chi connectivity index (χ0n) is 22.4. The molecule has 3 aliphatic rings. The van der Waals surface area contributed by atoms with Gasteiger partial charge in [-0.25, -0.2) is 0 Å². The SMILES string of the molecule is CC1(O)CCC(C(C)(C)CCC(C)(CCC(C)(C)C2CCNCC2)C2CCOCC2)CC1. The lowest BCUT2D eigenvalue weighted by atomic mass is 9.60. The van der Waals surface area contributed by atoms with Crippen molar-refractivity contribution in [2.24, 2.45) is 34.0 Å². The Morgan fingerprint density at radius 1 is 0.719 bits per heavy atom. The van der Waals surface area contributed by atoms with E-state index in [-0.39, 0.29) is 0 Å². The van der Waals surface area contributed by atoms with Gasteiger partial charge in [-0.2, -0.15) is 0 Å². The second-order valence-electron chi connectivity index (χ2n) is 13.8. The van der Waals surface area contributed by atoms with Crippen LogP contribution in [0.4, 0.5) is 0 Å². The second-order valence-corrected chi connectivity index (χ2v) is 13.8. The predicted octanol–water partition coefficient (Wildman–Crippen LogP) is 6.97. The van der Waals surface area contributed by atoms with Gasteiger partial charge in [0, 0.05) is 13.2 Å². The summed E-state index contributed by atoms with van der Waals surface area (Å²) in [6.45, 7) is 19.1. The number of hydrogen-bond acceptors (Lipinski definition) is 3. The van der Waals surface area contributed by atoms with E-state index in [1.165, 1.54) is 77.3 Å². The fraction of sp³-hybridized carbons (Fsp3) is 1.00. The molecule has 3 heteroatoms. The third-order valence-corrected chi connectivity index (χ3v) is 10.5. The van der Waals surface area contributed by atoms with Crippen LogP contribution in [0.2, 0.25) is 0 Å². The number of piperidine rings is 1. The molecule has 3 rings (SSSR count). The molecular weight excluding hydrogens is 394 g/mol. The van der Waals surface area contributed by atoms with Crippen molar-refractivity contribution in [3.05, 3.63) is 0 Å². The maximum absolute atomic E-state index is 10.4. The molecule has 2 heterocycles. The third kappa shape index (κ3) is 6.95. The molecule has 0 bridgehead atoms. The van der Waals surface area contributed by atoms with Gasteiger partial charge in [-0.1, -0.05) is 34.6 Å². The fourth-order valence-electron chi connectivity index (χ4n) is 7.18. The zero-order valence-corrected chi connectivity index (χ0v) is 22.4. The molecule has 188 valence electrons. The molecule has 0 aromatic rings. The maximum atomic E-state index is 10.4. The summed E-state index contributed by atoms with van der Waals surface area (Å²) in [5.74, 6) is 2.44. The normalized spacial score (nSPS) is 31.4. The van der Waals surface area contributed by atoms with Crippen LogP contribution in [-0.2, 0) is 4.74 Å². The van der Waals surface area contributed by atoms with Crippen molar-refractivity contribution in [3.63, 3.8) is 0 Å². The van der Waals surface area contributed by atoms with E-state index in [0.29, 0.717) is 16.2 Å². The summed E-state index contributed by atoms with van der Waals surface area (Å²) in [4.78, 5) is 0. The molecule has 1 unspecified atom stereocenters. The summed E-state index contributed by atoms with van der Waals surface area (Å²) >= 11 is 0. The van der Waals surface area contributed by atoms with Crippen molar-refractivity contribution in [1.82, 2.24) is 5.32 Å². The number of rotatable bonds is 9. The second kappa shape index (κ2) is 10.6. The van der Waals surface area contributed by atoms with Gasteiger partial charge in [0.1, 0.15) is 0 Å². The van der Waals surface area contributed by atoms with Crippen LogP contribution in [0.1, 0.15) is 119 Å². The Kier molecular flexibility index (Phi) is 8.81. The average Bonchev–Trinajstić information content (AvgIpc) is 2.77. The molecule has 1 saturated carbocycles. The summed E-state index contributed by atoms with van der Waals surface area (Å²) in [5.41, 5.74) is 0.807. The zero-order chi connectivity index (χ0) is 23.5. The van der Waals surface area contributed by atoms with Crippen LogP contribution in [0, 0.1) is 34.0 Å². The molecule has 3 nitrogen and oxygen atoms in total. The highest BCUT2D eigenvalue weighted by Crippen LogP contribution is 2.51. The lowest BCUT2D eigenvalue weighted by molar-refractivity contribution is -0.0262. The van der Waals surface area contributed by atoms with Crippen molar-refractivity contribution in [2.45, 2.75) is 124 Å². The van der Waals surface area contributed by atoms with Gasteiger partial charge < -0.3 is 15.2 Å². The molecule has 0 spiro atoms. The molecule has 2 N–H and O–H groups in total. The summed E-state index contributed by atoms with van der Waals surface area (Å²) in [5, 5.41) is 14.0. The van der Waals surface area contributed by atoms with Gasteiger partial charge in [-0.05, 0) is 131 Å². The highest BCUT2D eigenvalue weighted by atomic mass is 16.5. The Labute approximate surface area is 199 Å². The van der Waals surface area contributed by atoms with Gasteiger partial charge in [-0.3, -0.25) is 0 Å². The van der Waals surface area contributed by atoms with Gasteiger partial charge in [0.25, 0.3) is 0 Å². The molecule has 2 saturated heterocycles. The molecule has 2 aliphatic heterocycles. The van der Waals surface area contributed by atoms with E-state index in [1.807, 2.05) is 6.92 Å². The minimum absolute atomic E-state index is 0.369. The van der Waals surface area contributed by atoms with Crippen molar-refractivity contribution < 1.29 is 9.84 Å². The lowest BCUT2D eigenvalue weighted by Gasteiger charge is -2.47. The van der Waals surface area contributed by atoms with E-state index >= 15 is 0 Å². The molecule has 0 radical (unpaired) electrons. The van der Waals surface area contributed by atoms with Crippen molar-refractivity contribution in [2.75, 3.05) is 26.3 Å². The molecule has 0 aromatic heterocycles. The topological polar surface area (TPSA) is 41.5 Å². The molecule has 0 aromatic carbocycles. The average molecular weight is 450 g/mol. The van der Waals surface area contributed by atoms with Crippen molar-refractivity contribution in [1.29, 1.82) is 0 Å². The smallest absolute Gasteiger partial charge is 0.0620 e. The van der Waals surface area contributed by atoms with Crippen LogP contribution in [-0.4, -0.2) is 37.0 Å². The largest absolute Gasteiger partial charge is 0.390 e. The van der Waals surface area contributed by atoms with Gasteiger partial charge in [0.05, 0.1) is 5.60 Å². The number of aliphatic hydroxyl groups is 1. The number of nitrogens with one attached hydrogen (secondary N) is 1. The third-order valence-electron chi connectivity index (χ3n) is 10.5. The maximum Gasteiger partial charge on any atom is 0.0620 e. The summed E-state index contributed by atoms with van der Waals surface area (Å²) in [6, 6.07) is 0. The Hall–Kier alpha value is -0.120. The minimum Gasteiger partial charge on any atom is -0.390 e. The van der Waals surface area contributed by atoms with Crippen LogP contribution in [0.3, 0.4) is 0 Å². The number of ether oxygens (including phenoxy) is 1. The van der Waals surface area contributed by atoms with Gasteiger partial charge in [-0.15, -0.1) is 0 Å². The first kappa shape index (κ1) is 26.5. The first-order valence-corrected chi connectivity index (χ1v) is 13.9. The quantitative estimate of drug-likeness (QED) is 0.399. The van der Waals surface area contributed by atoms with E-state index in [1.54, 1.807) is 0 Å². The molecule has 0 amide bonds. The predicted molar refractivity (Wildman–Crippen MR) is 136 cm³/mol. The van der Waals surface area contributed by atoms with Gasteiger partial charge >= 0.3 is 0 Å². The summed E-state index contributed by atoms with van der Waals surface area (Å²) < 4.78 is 5.76. The Morgan fingerprint density at radius 2 is 1.19 bits per heavy atom. The molecule has 32 heavy (non-hydrogen) atoms. The fourth-order valence-corrected chi connectivity index (χ4v) is 7.18. The van der Waals surface area contributed by atoms with E-state index in [4.69, 9.17) is 4.74 Å². The molecule has 1 atom stereocenters. The molecular formula is C29H55NO2. The first-order valence-electron chi connectivity index (χ1n) is 13.9. The van der Waals surface area contributed by atoms with E-state index in [9.17, 15) is 5.11 Å². The Bertz CT molecular complexity index is 562. The summed E-state index contributed by atoms with van der Waals surface area (Å²) in [6.07, 6.45) is 14.9. The van der Waals surface area contributed by atoms with E-state index in [0.717, 1.165) is 43.8 Å². The highest BCUT2D eigenvalue weighted by Gasteiger charge is 2.42. The van der Waals surface area contributed by atoms with E-state index < -0.39 is 5.60 Å². The van der Waals surface area contributed by atoms with Crippen LogP contribution < -0.4 is 5.32 Å². The van der Waals surface area contributed by atoms with Crippen LogP contribution in [0.15, 0.2) is 0 Å². The monoisotopic (exact) mass is 449 g/mol. The van der Waals surface area contributed by atoms with Crippen LogP contribution in [0.25, 0.3) is 0 Å². The van der Waals surface area contributed by atoms with Gasteiger partial charge in [0.15, 0.2) is 0 Å². The van der Waals surface area contributed by atoms with Crippen LogP contribution >= 0.6 is 0 Å². The van der Waals surface area contributed by atoms with Crippen molar-refractivity contribution in [3.8, 4) is 0 Å². The Balaban J connectivity index is 1.63. The highest BCUT2D eigenvalue weighted by molar-refractivity contribution is 4.93. The first-order chi connectivity index (χ1) is 14.9. The van der Waals surface area contributed by atoms with E-state index in [2.05, 4.69) is 39.9 Å². The van der Waals surface area contributed by atoms with Crippen LogP contribution in [0.5, 0.6) is 0 Å². The lowest BCUT2D eigenvalue weighted by Crippen LogP contribution is -2.39. The molecule has 3 fully saturated rings. The Morgan fingerprint density at radius 3 is 1.69 bits per heavy atom. The summed E-state index contributed by atoms with van der Waals surface area (Å²) in [7, 11) is 0. The van der Waals surface area contributed by atoms with Crippen molar-refractivity contribution >= 4 is 0 Å². The molecule has 1 aliphatic carbocycles. The van der Waals surface area contributed by atoms with Gasteiger partial charge in [0.2, 0.25) is 0 Å². The standard InChI is InChI=1S/C29H55NO2/c1-26(2,23-7-13-29(6,31)14-8-23)15-17-28(5,25-11-21-32-22-12-25)18-16-27(3,4)24-9-19-30-20-10-24/h23-25,30-31H,7-22H2,1-6H3. The minimum atomic E-state index is -0.427.